The van der Waals surface area contributed by atoms with Crippen molar-refractivity contribution in [2.45, 2.75) is 45.2 Å². The summed E-state index contributed by atoms with van der Waals surface area (Å²) in [6.07, 6.45) is 5.33. The summed E-state index contributed by atoms with van der Waals surface area (Å²) in [4.78, 5) is 55.6. The maximum Gasteiger partial charge on any atom is 0.243 e. The summed E-state index contributed by atoms with van der Waals surface area (Å²) in [7, 11) is 0. The Balaban J connectivity index is 1.56. The van der Waals surface area contributed by atoms with Gasteiger partial charge in [-0.25, -0.2) is 0 Å². The molecule has 2 aliphatic rings. The van der Waals surface area contributed by atoms with E-state index >= 15 is 0 Å². The smallest absolute Gasteiger partial charge is 0.243 e. The Kier molecular flexibility index (Phi) is 8.92. The number of benzene rings is 2. The third-order valence-corrected chi connectivity index (χ3v) is 7.57. The highest BCUT2D eigenvalue weighted by Crippen LogP contribution is 2.35. The number of likely N-dealkylation sites (N-methyl/N-ethyl adjacent to an activating group) is 1. The van der Waals surface area contributed by atoms with E-state index in [-0.39, 0.29) is 55.0 Å². The van der Waals surface area contributed by atoms with Crippen molar-refractivity contribution in [3.05, 3.63) is 82.3 Å². The Hall–Kier alpha value is -3.26. The fraction of sp³-hybridized carbons (Fsp3) is 0.379. The number of nitrogens with zero attached hydrogens (tertiary/aromatic N) is 2. The van der Waals surface area contributed by atoms with Crippen LogP contribution in [0.15, 0.2) is 71.2 Å². The highest BCUT2D eigenvalue weighted by molar-refractivity contribution is 9.10. The number of allylic oxidation sites excluding steroid dienone is 2. The zero-order valence-corrected chi connectivity index (χ0v) is 22.5. The van der Waals surface area contributed by atoms with E-state index < -0.39 is 6.04 Å². The van der Waals surface area contributed by atoms with Gasteiger partial charge < -0.3 is 10.2 Å². The summed E-state index contributed by atoms with van der Waals surface area (Å²) in [6, 6.07) is 16.5. The molecule has 37 heavy (non-hydrogen) atoms. The number of hydrogen-bond donors (Lipinski definition) is 1. The molecule has 194 valence electrons. The van der Waals surface area contributed by atoms with Crippen LogP contribution < -0.4 is 5.32 Å². The van der Waals surface area contributed by atoms with Gasteiger partial charge in [0.25, 0.3) is 0 Å². The fourth-order valence-corrected chi connectivity index (χ4v) is 5.34. The van der Waals surface area contributed by atoms with Crippen LogP contribution in [-0.2, 0) is 32.1 Å². The largest absolute Gasteiger partial charge is 0.355 e. The molecule has 0 aromatic heterocycles. The van der Waals surface area contributed by atoms with Crippen molar-refractivity contribution in [1.82, 2.24) is 15.1 Å². The standard InChI is InChI=1S/C29H32BrN3O4/c1-2-31-27(35)25(18-20-8-4-3-5-9-20)33(19-21-12-14-22(30)15-13-21)26(34)16-17-32-28(36)23-10-6-7-11-24(23)29(32)37/h3-9,12-15,23-25H,2,10-11,16-19H2,1H3,(H,31,35)/t23-,24+,25-/m1/s1. The third kappa shape index (κ3) is 6.36. The second kappa shape index (κ2) is 12.3. The van der Waals surface area contributed by atoms with Gasteiger partial charge in [-0.2, -0.15) is 0 Å². The van der Waals surface area contributed by atoms with Crippen LogP contribution in [0.25, 0.3) is 0 Å². The lowest BCUT2D eigenvalue weighted by atomic mass is 9.85. The first-order valence-corrected chi connectivity index (χ1v) is 13.5. The van der Waals surface area contributed by atoms with Crippen LogP contribution in [0.2, 0.25) is 0 Å². The van der Waals surface area contributed by atoms with Crippen LogP contribution in [0, 0.1) is 11.8 Å². The van der Waals surface area contributed by atoms with Crippen molar-refractivity contribution in [2.24, 2.45) is 11.8 Å². The van der Waals surface area contributed by atoms with E-state index in [0.29, 0.717) is 25.8 Å². The van der Waals surface area contributed by atoms with Crippen molar-refractivity contribution in [1.29, 1.82) is 0 Å². The lowest BCUT2D eigenvalue weighted by Crippen LogP contribution is -2.51. The zero-order valence-electron chi connectivity index (χ0n) is 20.9. The van der Waals surface area contributed by atoms with E-state index in [2.05, 4.69) is 21.2 Å². The lowest BCUT2D eigenvalue weighted by molar-refractivity contribution is -0.144. The van der Waals surface area contributed by atoms with Crippen LogP contribution >= 0.6 is 15.9 Å². The van der Waals surface area contributed by atoms with E-state index in [1.54, 1.807) is 4.90 Å². The molecular weight excluding hydrogens is 534 g/mol. The third-order valence-electron chi connectivity index (χ3n) is 7.04. The quantitative estimate of drug-likeness (QED) is 0.350. The number of carbonyl (C=O) groups excluding carboxylic acids is 4. The Bertz CT molecular complexity index is 1140. The number of halogens is 1. The van der Waals surface area contributed by atoms with Crippen LogP contribution in [0.3, 0.4) is 0 Å². The Morgan fingerprint density at radius 2 is 1.59 bits per heavy atom. The topological polar surface area (TPSA) is 86.8 Å². The molecule has 0 unspecified atom stereocenters. The average Bonchev–Trinajstić information content (AvgIpc) is 3.15. The maximum absolute atomic E-state index is 13.7. The molecule has 2 aromatic rings. The Morgan fingerprint density at radius 1 is 0.973 bits per heavy atom. The van der Waals surface area contributed by atoms with E-state index in [1.807, 2.05) is 73.7 Å². The molecule has 0 saturated carbocycles. The van der Waals surface area contributed by atoms with Gasteiger partial charge in [-0.3, -0.25) is 24.1 Å². The molecule has 0 bridgehead atoms. The molecule has 1 aliphatic carbocycles. The number of imide groups is 1. The number of fused-ring (bicyclic) bond motifs is 1. The first-order chi connectivity index (χ1) is 17.9. The molecule has 4 amide bonds. The van der Waals surface area contributed by atoms with Gasteiger partial charge in [-0.1, -0.05) is 70.5 Å². The van der Waals surface area contributed by atoms with Gasteiger partial charge in [-0.05, 0) is 43.0 Å². The maximum atomic E-state index is 13.7. The van der Waals surface area contributed by atoms with Crippen LogP contribution in [-0.4, -0.2) is 52.6 Å². The van der Waals surface area contributed by atoms with Gasteiger partial charge in [0, 0.05) is 36.9 Å². The predicted octanol–water partition coefficient (Wildman–Crippen LogP) is 3.87. The highest BCUT2D eigenvalue weighted by Gasteiger charge is 2.47. The first-order valence-electron chi connectivity index (χ1n) is 12.7. The van der Waals surface area contributed by atoms with Crippen molar-refractivity contribution in [2.75, 3.05) is 13.1 Å². The van der Waals surface area contributed by atoms with Crippen molar-refractivity contribution in [3.63, 3.8) is 0 Å². The molecule has 8 heteroatoms. The summed E-state index contributed by atoms with van der Waals surface area (Å²) < 4.78 is 0.917. The summed E-state index contributed by atoms with van der Waals surface area (Å²) in [6.45, 7) is 2.54. The summed E-state index contributed by atoms with van der Waals surface area (Å²) in [5, 5.41) is 2.88. The molecule has 3 atom stereocenters. The van der Waals surface area contributed by atoms with E-state index in [0.717, 1.165) is 15.6 Å². The number of nitrogens with one attached hydrogen (secondary N) is 1. The van der Waals surface area contributed by atoms with Crippen LogP contribution in [0.5, 0.6) is 0 Å². The molecule has 7 nitrogen and oxygen atoms in total. The minimum Gasteiger partial charge on any atom is -0.355 e. The Labute approximate surface area is 226 Å². The molecule has 1 N–H and O–H groups in total. The van der Waals surface area contributed by atoms with E-state index in [9.17, 15) is 19.2 Å². The molecular formula is C29H32BrN3O4. The second-order valence-electron chi connectivity index (χ2n) is 9.48. The Morgan fingerprint density at radius 3 is 2.19 bits per heavy atom. The number of amides is 4. The molecule has 1 saturated heterocycles. The van der Waals surface area contributed by atoms with Crippen molar-refractivity contribution in [3.8, 4) is 0 Å². The lowest BCUT2D eigenvalue weighted by Gasteiger charge is -2.32. The summed E-state index contributed by atoms with van der Waals surface area (Å²) in [5.41, 5.74) is 1.82. The first kappa shape index (κ1) is 26.8. The van der Waals surface area contributed by atoms with Crippen LogP contribution in [0.1, 0.15) is 37.3 Å². The zero-order chi connectivity index (χ0) is 26.4. The molecule has 1 fully saturated rings. The number of carbonyl (C=O) groups is 4. The highest BCUT2D eigenvalue weighted by atomic mass is 79.9. The predicted molar refractivity (Wildman–Crippen MR) is 144 cm³/mol. The minimum absolute atomic E-state index is 0.0216. The van der Waals surface area contributed by atoms with Gasteiger partial charge in [0.1, 0.15) is 6.04 Å². The molecule has 1 heterocycles. The van der Waals surface area contributed by atoms with Crippen molar-refractivity contribution >= 4 is 39.6 Å². The van der Waals surface area contributed by atoms with Gasteiger partial charge in [0.2, 0.25) is 23.6 Å². The molecule has 0 radical (unpaired) electrons. The summed E-state index contributed by atoms with van der Waals surface area (Å²) in [5.74, 6) is -1.56. The van der Waals surface area contributed by atoms with E-state index in [1.165, 1.54) is 4.90 Å². The second-order valence-corrected chi connectivity index (χ2v) is 10.4. The molecule has 0 spiro atoms. The van der Waals surface area contributed by atoms with Gasteiger partial charge >= 0.3 is 0 Å². The molecule has 1 aliphatic heterocycles. The summed E-state index contributed by atoms with van der Waals surface area (Å²) >= 11 is 3.44. The van der Waals surface area contributed by atoms with Crippen LogP contribution in [0.4, 0.5) is 0 Å². The number of hydrogen-bond acceptors (Lipinski definition) is 4. The van der Waals surface area contributed by atoms with Gasteiger partial charge in [0.05, 0.1) is 11.8 Å². The van der Waals surface area contributed by atoms with Gasteiger partial charge in [0.15, 0.2) is 0 Å². The normalized spacial score (nSPS) is 19.5. The molecule has 2 aromatic carbocycles. The van der Waals surface area contributed by atoms with Gasteiger partial charge in [-0.15, -0.1) is 0 Å². The van der Waals surface area contributed by atoms with E-state index in [4.69, 9.17) is 0 Å². The number of rotatable bonds is 10. The minimum atomic E-state index is -0.741. The molecule has 4 rings (SSSR count). The SMILES string of the molecule is CCNC(=O)[C@@H](Cc1ccccc1)N(Cc1ccc(Br)cc1)C(=O)CCN1C(=O)[C@H]2CC=CC[C@H]2C1=O. The number of likely N-dealkylation sites (tertiary alicyclic amines) is 1. The fourth-order valence-electron chi connectivity index (χ4n) is 5.07. The van der Waals surface area contributed by atoms with Crippen molar-refractivity contribution < 1.29 is 19.2 Å². The monoisotopic (exact) mass is 565 g/mol. The average molecular weight is 566 g/mol.